The highest BCUT2D eigenvalue weighted by Crippen LogP contribution is 2.24. The summed E-state index contributed by atoms with van der Waals surface area (Å²) in [5.41, 5.74) is 2.95. The van der Waals surface area contributed by atoms with E-state index in [2.05, 4.69) is 25.9 Å². The van der Waals surface area contributed by atoms with Crippen molar-refractivity contribution in [1.82, 2.24) is 19.6 Å². The molecule has 0 amide bonds. The van der Waals surface area contributed by atoms with Gasteiger partial charge in [-0.2, -0.15) is 9.61 Å². The number of oxazole rings is 1. The Bertz CT molecular complexity index is 1430. The van der Waals surface area contributed by atoms with Crippen molar-refractivity contribution in [3.63, 3.8) is 0 Å². The van der Waals surface area contributed by atoms with E-state index in [1.165, 1.54) is 23.0 Å². The molecule has 1 N–H and O–H groups in total. The van der Waals surface area contributed by atoms with Crippen LogP contribution in [-0.4, -0.2) is 28.0 Å². The maximum absolute atomic E-state index is 13.0. The van der Waals surface area contributed by atoms with Crippen molar-refractivity contribution >= 4 is 27.1 Å². The Morgan fingerprint density at radius 3 is 2.77 bits per heavy atom. The van der Waals surface area contributed by atoms with Crippen LogP contribution in [0, 0.1) is 0 Å². The standard InChI is InChI=1S/C22H17N5O3S/c28-31(29,18-9-7-17(8-10-18)20-14-23-15-30-20)26-21-11-12-24-22-13-19(25-27(21)22)16-5-3-1-2-4-6-16/h1-3,5-15,26H,4H2. The number of rotatable bonds is 5. The Kier molecular flexibility index (Phi) is 4.72. The zero-order valence-electron chi connectivity index (χ0n) is 16.2. The van der Waals surface area contributed by atoms with Crippen LogP contribution in [0.3, 0.4) is 0 Å². The third kappa shape index (κ3) is 3.78. The third-order valence-electron chi connectivity index (χ3n) is 4.77. The fourth-order valence-electron chi connectivity index (χ4n) is 3.24. The Hall–Kier alpha value is -3.98. The molecule has 0 unspecified atom stereocenters. The number of nitrogens with one attached hydrogen (secondary N) is 1. The van der Waals surface area contributed by atoms with Crippen molar-refractivity contribution in [1.29, 1.82) is 0 Å². The number of aromatic nitrogens is 4. The zero-order valence-corrected chi connectivity index (χ0v) is 17.0. The van der Waals surface area contributed by atoms with Crippen molar-refractivity contribution in [3.8, 4) is 11.3 Å². The fourth-order valence-corrected chi connectivity index (χ4v) is 4.28. The van der Waals surface area contributed by atoms with Gasteiger partial charge in [-0.3, -0.25) is 4.72 Å². The third-order valence-corrected chi connectivity index (χ3v) is 6.14. The molecular weight excluding hydrogens is 414 g/mol. The lowest BCUT2D eigenvalue weighted by atomic mass is 10.1. The molecule has 0 saturated carbocycles. The van der Waals surface area contributed by atoms with Gasteiger partial charge in [0.15, 0.2) is 17.8 Å². The van der Waals surface area contributed by atoms with E-state index in [-0.39, 0.29) is 4.90 Å². The molecule has 0 saturated heterocycles. The van der Waals surface area contributed by atoms with Gasteiger partial charge in [-0.1, -0.05) is 30.4 Å². The maximum atomic E-state index is 13.0. The highest BCUT2D eigenvalue weighted by Gasteiger charge is 2.18. The molecule has 4 aromatic rings. The van der Waals surface area contributed by atoms with Crippen LogP contribution in [0.15, 0.2) is 94.9 Å². The molecule has 0 aliphatic heterocycles. The first-order chi connectivity index (χ1) is 15.1. The van der Waals surface area contributed by atoms with E-state index in [0.717, 1.165) is 23.3 Å². The van der Waals surface area contributed by atoms with Crippen LogP contribution in [0.2, 0.25) is 0 Å². The summed E-state index contributed by atoms with van der Waals surface area (Å²) in [6.07, 6.45) is 15.2. The smallest absolute Gasteiger partial charge is 0.263 e. The van der Waals surface area contributed by atoms with Crippen molar-refractivity contribution in [3.05, 3.63) is 91.3 Å². The van der Waals surface area contributed by atoms with Gasteiger partial charge in [-0.25, -0.2) is 18.4 Å². The van der Waals surface area contributed by atoms with Crippen LogP contribution in [0.4, 0.5) is 5.82 Å². The van der Waals surface area contributed by atoms with Crippen LogP contribution >= 0.6 is 0 Å². The Morgan fingerprint density at radius 1 is 1.10 bits per heavy atom. The lowest BCUT2D eigenvalue weighted by molar-refractivity contribution is 0.572. The van der Waals surface area contributed by atoms with Crippen molar-refractivity contribution < 1.29 is 12.8 Å². The predicted octanol–water partition coefficient (Wildman–Crippen LogP) is 4.08. The quantitative estimate of drug-likeness (QED) is 0.511. The minimum Gasteiger partial charge on any atom is -0.444 e. The van der Waals surface area contributed by atoms with Crippen molar-refractivity contribution in [2.45, 2.75) is 11.3 Å². The molecule has 8 nitrogen and oxygen atoms in total. The minimum absolute atomic E-state index is 0.119. The molecule has 3 heterocycles. The summed E-state index contributed by atoms with van der Waals surface area (Å²) in [5, 5.41) is 4.56. The first-order valence-corrected chi connectivity index (χ1v) is 11.0. The van der Waals surface area contributed by atoms with Crippen molar-refractivity contribution in [2.75, 3.05) is 4.72 Å². The second-order valence-corrected chi connectivity index (χ2v) is 8.49. The molecule has 0 atom stereocenters. The largest absolute Gasteiger partial charge is 0.444 e. The van der Waals surface area contributed by atoms with Crippen LogP contribution in [-0.2, 0) is 10.0 Å². The molecule has 31 heavy (non-hydrogen) atoms. The molecule has 0 bridgehead atoms. The molecule has 9 heteroatoms. The molecule has 0 spiro atoms. The average molecular weight is 431 g/mol. The second-order valence-electron chi connectivity index (χ2n) is 6.81. The van der Waals surface area contributed by atoms with Gasteiger partial charge < -0.3 is 4.42 Å². The first-order valence-electron chi connectivity index (χ1n) is 9.50. The van der Waals surface area contributed by atoms with Gasteiger partial charge in [0, 0.05) is 17.8 Å². The van der Waals surface area contributed by atoms with Gasteiger partial charge in [0.05, 0.1) is 16.8 Å². The first kappa shape index (κ1) is 19.0. The normalized spacial score (nSPS) is 13.9. The second kappa shape index (κ2) is 7.69. The molecule has 1 aromatic carbocycles. The monoisotopic (exact) mass is 431 g/mol. The van der Waals surface area contributed by atoms with Gasteiger partial charge in [0.1, 0.15) is 5.82 Å². The predicted molar refractivity (Wildman–Crippen MR) is 117 cm³/mol. The Morgan fingerprint density at radius 2 is 1.97 bits per heavy atom. The maximum Gasteiger partial charge on any atom is 0.263 e. The van der Waals surface area contributed by atoms with Crippen LogP contribution in [0.1, 0.15) is 12.1 Å². The van der Waals surface area contributed by atoms with Gasteiger partial charge in [0.25, 0.3) is 10.0 Å². The number of hydrogen-bond donors (Lipinski definition) is 1. The molecule has 0 radical (unpaired) electrons. The topological polar surface area (TPSA) is 102 Å². The molecular formula is C22H17N5O3S. The molecule has 154 valence electrons. The number of nitrogens with zero attached hydrogens (tertiary/aromatic N) is 4. The SMILES string of the molecule is O=S(=O)(Nc1ccnc2cc(C3=CCC=CC=C3)nn12)c1ccc(-c2cnco2)cc1. The summed E-state index contributed by atoms with van der Waals surface area (Å²) in [4.78, 5) is 8.30. The number of benzene rings is 1. The summed E-state index contributed by atoms with van der Waals surface area (Å²) in [6.45, 7) is 0. The summed E-state index contributed by atoms with van der Waals surface area (Å²) >= 11 is 0. The van der Waals surface area contributed by atoms with Gasteiger partial charge in [-0.15, -0.1) is 0 Å². The molecule has 3 aromatic heterocycles. The van der Waals surface area contributed by atoms with E-state index in [1.807, 2.05) is 30.4 Å². The van der Waals surface area contributed by atoms with E-state index in [0.29, 0.717) is 17.2 Å². The van der Waals surface area contributed by atoms with E-state index < -0.39 is 10.0 Å². The highest BCUT2D eigenvalue weighted by molar-refractivity contribution is 7.92. The van der Waals surface area contributed by atoms with Gasteiger partial charge >= 0.3 is 0 Å². The highest BCUT2D eigenvalue weighted by atomic mass is 32.2. The number of anilines is 1. The van der Waals surface area contributed by atoms with E-state index in [1.54, 1.807) is 30.6 Å². The minimum atomic E-state index is -3.84. The Labute approximate surface area is 178 Å². The molecule has 0 fully saturated rings. The number of fused-ring (bicyclic) bond motifs is 1. The number of allylic oxidation sites excluding steroid dienone is 6. The summed E-state index contributed by atoms with van der Waals surface area (Å²) < 4.78 is 35.3. The van der Waals surface area contributed by atoms with Crippen LogP contribution in [0.5, 0.6) is 0 Å². The molecule has 1 aliphatic rings. The molecule has 1 aliphatic carbocycles. The van der Waals surface area contributed by atoms with Crippen molar-refractivity contribution in [2.24, 2.45) is 0 Å². The summed E-state index contributed by atoms with van der Waals surface area (Å²) in [5.74, 6) is 0.862. The lowest BCUT2D eigenvalue weighted by Crippen LogP contribution is -2.15. The van der Waals surface area contributed by atoms with E-state index in [9.17, 15) is 8.42 Å². The van der Waals surface area contributed by atoms with E-state index in [4.69, 9.17) is 4.42 Å². The fraction of sp³-hybridized carbons (Fsp3) is 0.0455. The molecule has 5 rings (SSSR count). The van der Waals surface area contributed by atoms with Crippen LogP contribution in [0.25, 0.3) is 22.5 Å². The summed E-state index contributed by atoms with van der Waals surface area (Å²) in [6, 6.07) is 9.77. The zero-order chi connectivity index (χ0) is 21.3. The number of hydrogen-bond acceptors (Lipinski definition) is 6. The van der Waals surface area contributed by atoms with Gasteiger partial charge in [0.2, 0.25) is 0 Å². The van der Waals surface area contributed by atoms with Gasteiger partial charge in [-0.05, 0) is 42.3 Å². The number of sulfonamides is 1. The average Bonchev–Trinajstić information content (AvgIpc) is 3.39. The van der Waals surface area contributed by atoms with E-state index >= 15 is 0 Å². The lowest BCUT2D eigenvalue weighted by Gasteiger charge is -2.09. The summed E-state index contributed by atoms with van der Waals surface area (Å²) in [7, 11) is -3.84. The Balaban J connectivity index is 1.46. The van der Waals surface area contributed by atoms with Crippen LogP contribution < -0.4 is 4.72 Å².